The predicted octanol–water partition coefficient (Wildman–Crippen LogP) is 0.520. The van der Waals surface area contributed by atoms with Gasteiger partial charge in [-0.05, 0) is 24.3 Å². The molecule has 0 radical (unpaired) electrons. The van der Waals surface area contributed by atoms with Gasteiger partial charge < -0.3 is 29.0 Å². The summed E-state index contributed by atoms with van der Waals surface area (Å²) in [6.45, 7) is 1.63. The first kappa shape index (κ1) is 18.9. The third-order valence-electron chi connectivity index (χ3n) is 4.87. The molecule has 1 aromatic heterocycles. The average molecular weight is 399 g/mol. The number of piperazine rings is 1. The highest BCUT2D eigenvalue weighted by Gasteiger charge is 2.33. The molecule has 2 aliphatic rings. The number of carbonyl (C=O) groups is 3. The van der Waals surface area contributed by atoms with E-state index in [9.17, 15) is 14.4 Å². The summed E-state index contributed by atoms with van der Waals surface area (Å²) in [6, 6.07) is 10.4. The SMILES string of the molecule is O=C(NCC(=O)N1CCN(C(=O)[C@H]2COc3ccccc3O2)CC1)c1ccco1. The molecule has 9 heteroatoms. The molecule has 3 heterocycles. The summed E-state index contributed by atoms with van der Waals surface area (Å²) >= 11 is 0. The van der Waals surface area contributed by atoms with Crippen LogP contribution in [0.3, 0.4) is 0 Å². The number of hydrogen-bond acceptors (Lipinski definition) is 6. The number of carbonyl (C=O) groups excluding carboxylic acids is 3. The van der Waals surface area contributed by atoms with Crippen molar-refractivity contribution >= 4 is 17.7 Å². The fraction of sp³-hybridized carbons (Fsp3) is 0.350. The van der Waals surface area contributed by atoms with E-state index in [-0.39, 0.29) is 30.7 Å². The zero-order valence-corrected chi connectivity index (χ0v) is 15.7. The Hall–Kier alpha value is -3.49. The van der Waals surface area contributed by atoms with Gasteiger partial charge in [0.2, 0.25) is 12.0 Å². The number of nitrogens with zero attached hydrogens (tertiary/aromatic N) is 2. The summed E-state index contributed by atoms with van der Waals surface area (Å²) in [6.07, 6.45) is 0.701. The number of hydrogen-bond donors (Lipinski definition) is 1. The molecule has 0 bridgehead atoms. The lowest BCUT2D eigenvalue weighted by Gasteiger charge is -2.37. The minimum absolute atomic E-state index is 0.121. The molecule has 2 aromatic rings. The number of ether oxygens (including phenoxy) is 2. The molecule has 9 nitrogen and oxygen atoms in total. The largest absolute Gasteiger partial charge is 0.485 e. The molecule has 1 atom stereocenters. The van der Waals surface area contributed by atoms with Crippen molar-refractivity contribution in [1.29, 1.82) is 0 Å². The van der Waals surface area contributed by atoms with E-state index in [4.69, 9.17) is 13.9 Å². The standard InChI is InChI=1S/C20H21N3O6/c24-18(12-21-19(25)16-6-3-11-27-16)22-7-9-23(10-8-22)20(26)17-13-28-14-4-1-2-5-15(14)29-17/h1-6,11,17H,7-10,12-13H2,(H,21,25)/t17-/m1/s1. The highest BCUT2D eigenvalue weighted by Crippen LogP contribution is 2.31. The van der Waals surface area contributed by atoms with Gasteiger partial charge in [-0.1, -0.05) is 12.1 Å². The van der Waals surface area contributed by atoms with E-state index < -0.39 is 12.0 Å². The Labute approximate surface area is 167 Å². The highest BCUT2D eigenvalue weighted by molar-refractivity contribution is 5.94. The van der Waals surface area contributed by atoms with Crippen LogP contribution in [0.15, 0.2) is 47.1 Å². The topological polar surface area (TPSA) is 101 Å². The zero-order chi connectivity index (χ0) is 20.2. The molecule has 1 saturated heterocycles. The van der Waals surface area contributed by atoms with Gasteiger partial charge >= 0.3 is 0 Å². The monoisotopic (exact) mass is 399 g/mol. The summed E-state index contributed by atoms with van der Waals surface area (Å²) in [5.41, 5.74) is 0. The van der Waals surface area contributed by atoms with Crippen LogP contribution in [0.2, 0.25) is 0 Å². The lowest BCUT2D eigenvalue weighted by molar-refractivity contribution is -0.146. The quantitative estimate of drug-likeness (QED) is 0.805. The maximum Gasteiger partial charge on any atom is 0.287 e. The Morgan fingerprint density at radius 3 is 2.41 bits per heavy atom. The molecule has 0 saturated carbocycles. The summed E-state index contributed by atoms with van der Waals surface area (Å²) in [7, 11) is 0. The van der Waals surface area contributed by atoms with E-state index in [1.54, 1.807) is 28.0 Å². The first-order valence-corrected chi connectivity index (χ1v) is 9.38. The number of nitrogens with one attached hydrogen (secondary N) is 1. The fourth-order valence-corrected chi connectivity index (χ4v) is 3.28. The molecular formula is C20H21N3O6. The molecule has 1 N–H and O–H groups in total. The van der Waals surface area contributed by atoms with Gasteiger partial charge in [0.05, 0.1) is 12.8 Å². The second kappa shape index (κ2) is 8.26. The van der Waals surface area contributed by atoms with Crippen LogP contribution >= 0.6 is 0 Å². The maximum absolute atomic E-state index is 12.7. The minimum atomic E-state index is -0.695. The lowest BCUT2D eigenvalue weighted by Crippen LogP contribution is -2.56. The number of benzene rings is 1. The van der Waals surface area contributed by atoms with Crippen LogP contribution in [0.4, 0.5) is 0 Å². The second-order valence-electron chi connectivity index (χ2n) is 6.73. The zero-order valence-electron chi connectivity index (χ0n) is 15.7. The fourth-order valence-electron chi connectivity index (χ4n) is 3.28. The first-order chi connectivity index (χ1) is 14.1. The van der Waals surface area contributed by atoms with Crippen LogP contribution in [-0.2, 0) is 9.59 Å². The van der Waals surface area contributed by atoms with Crippen molar-refractivity contribution in [1.82, 2.24) is 15.1 Å². The molecule has 4 rings (SSSR count). The molecule has 29 heavy (non-hydrogen) atoms. The number of amides is 3. The van der Waals surface area contributed by atoms with Gasteiger partial charge in [0.15, 0.2) is 17.3 Å². The number of para-hydroxylation sites is 2. The molecular weight excluding hydrogens is 378 g/mol. The van der Waals surface area contributed by atoms with Gasteiger partial charge in [-0.25, -0.2) is 0 Å². The van der Waals surface area contributed by atoms with Crippen molar-refractivity contribution in [2.24, 2.45) is 0 Å². The Morgan fingerprint density at radius 1 is 0.966 bits per heavy atom. The van der Waals surface area contributed by atoms with Gasteiger partial charge in [-0.3, -0.25) is 14.4 Å². The van der Waals surface area contributed by atoms with Crippen LogP contribution in [0, 0.1) is 0 Å². The minimum Gasteiger partial charge on any atom is -0.485 e. The van der Waals surface area contributed by atoms with Crippen LogP contribution in [0.25, 0.3) is 0 Å². The first-order valence-electron chi connectivity index (χ1n) is 9.38. The third-order valence-corrected chi connectivity index (χ3v) is 4.87. The summed E-state index contributed by atoms with van der Waals surface area (Å²) < 4.78 is 16.4. The Kier molecular flexibility index (Phi) is 5.37. The highest BCUT2D eigenvalue weighted by atomic mass is 16.6. The van der Waals surface area contributed by atoms with Gasteiger partial charge in [0.25, 0.3) is 11.8 Å². The maximum atomic E-state index is 12.7. The van der Waals surface area contributed by atoms with Crippen LogP contribution < -0.4 is 14.8 Å². The molecule has 2 aliphatic heterocycles. The Bertz CT molecular complexity index is 889. The van der Waals surface area contributed by atoms with Crippen LogP contribution in [0.5, 0.6) is 11.5 Å². The van der Waals surface area contributed by atoms with E-state index in [1.807, 2.05) is 12.1 Å². The predicted molar refractivity (Wildman–Crippen MR) is 101 cm³/mol. The van der Waals surface area contributed by atoms with Crippen LogP contribution in [0.1, 0.15) is 10.6 Å². The van der Waals surface area contributed by atoms with E-state index in [0.29, 0.717) is 37.7 Å². The van der Waals surface area contributed by atoms with E-state index in [0.717, 1.165) is 0 Å². The summed E-state index contributed by atoms with van der Waals surface area (Å²) in [4.78, 5) is 40.2. The molecule has 0 aliphatic carbocycles. The number of fused-ring (bicyclic) bond motifs is 1. The summed E-state index contributed by atoms with van der Waals surface area (Å²) in [5.74, 6) is 0.541. The normalized spacial score (nSPS) is 18.3. The van der Waals surface area contributed by atoms with Crippen molar-refractivity contribution in [3.63, 3.8) is 0 Å². The lowest BCUT2D eigenvalue weighted by atomic mass is 10.2. The van der Waals surface area contributed by atoms with E-state index in [1.165, 1.54) is 12.3 Å². The van der Waals surface area contributed by atoms with Gasteiger partial charge in [-0.15, -0.1) is 0 Å². The Balaban J connectivity index is 1.24. The smallest absolute Gasteiger partial charge is 0.287 e. The number of furan rings is 1. The van der Waals surface area contributed by atoms with E-state index >= 15 is 0 Å². The molecule has 1 fully saturated rings. The summed E-state index contributed by atoms with van der Waals surface area (Å²) in [5, 5.41) is 2.54. The van der Waals surface area contributed by atoms with Gasteiger partial charge in [0.1, 0.15) is 6.61 Å². The molecule has 0 spiro atoms. The van der Waals surface area contributed by atoms with Crippen molar-refractivity contribution < 1.29 is 28.3 Å². The van der Waals surface area contributed by atoms with Crippen molar-refractivity contribution in [2.75, 3.05) is 39.3 Å². The average Bonchev–Trinajstić information content (AvgIpc) is 3.31. The van der Waals surface area contributed by atoms with Crippen molar-refractivity contribution in [2.45, 2.75) is 6.10 Å². The van der Waals surface area contributed by atoms with Crippen LogP contribution in [-0.4, -0.2) is 73.0 Å². The molecule has 1 aromatic carbocycles. The number of rotatable bonds is 4. The van der Waals surface area contributed by atoms with E-state index in [2.05, 4.69) is 5.32 Å². The molecule has 0 unspecified atom stereocenters. The van der Waals surface area contributed by atoms with Gasteiger partial charge in [0, 0.05) is 26.2 Å². The molecule has 3 amide bonds. The third kappa shape index (κ3) is 4.18. The second-order valence-corrected chi connectivity index (χ2v) is 6.73. The molecule has 152 valence electrons. The van der Waals surface area contributed by atoms with Crippen molar-refractivity contribution in [3.05, 3.63) is 48.4 Å². The Morgan fingerprint density at radius 2 is 1.69 bits per heavy atom. The van der Waals surface area contributed by atoms with Gasteiger partial charge in [-0.2, -0.15) is 0 Å². The van der Waals surface area contributed by atoms with Crippen molar-refractivity contribution in [3.8, 4) is 11.5 Å².